The number of pyridine rings is 1. The van der Waals surface area contributed by atoms with Crippen molar-refractivity contribution in [2.45, 2.75) is 45.6 Å². The molecule has 1 atom stereocenters. The molecule has 0 radical (unpaired) electrons. The molecule has 1 amide bonds. The lowest BCUT2D eigenvalue weighted by Crippen LogP contribution is -2.35. The van der Waals surface area contributed by atoms with Crippen LogP contribution in [0.15, 0.2) is 36.7 Å². The molecule has 0 saturated carbocycles. The van der Waals surface area contributed by atoms with Gasteiger partial charge in [0.25, 0.3) is 5.91 Å². The van der Waals surface area contributed by atoms with E-state index < -0.39 is 5.91 Å². The predicted molar refractivity (Wildman–Crippen MR) is 103 cm³/mol. The Morgan fingerprint density at radius 1 is 1.35 bits per heavy atom. The van der Waals surface area contributed by atoms with Gasteiger partial charge in [-0.25, -0.2) is 0 Å². The van der Waals surface area contributed by atoms with Gasteiger partial charge in [-0.05, 0) is 61.4 Å². The van der Waals surface area contributed by atoms with E-state index in [4.69, 9.17) is 10.5 Å². The summed E-state index contributed by atoms with van der Waals surface area (Å²) in [7, 11) is 0. The summed E-state index contributed by atoms with van der Waals surface area (Å²) in [6, 6.07) is 8.26. The second-order valence-electron chi connectivity index (χ2n) is 7.31. The lowest BCUT2D eigenvalue weighted by atomic mass is 9.87. The molecule has 0 fully saturated rings. The molecule has 5 heteroatoms. The molecule has 1 aliphatic carbocycles. The van der Waals surface area contributed by atoms with E-state index in [1.165, 1.54) is 23.7 Å². The smallest absolute Gasteiger partial charge is 0.254 e. The number of nitrogens with two attached hydrogens (primary N) is 1. The summed E-state index contributed by atoms with van der Waals surface area (Å²) >= 11 is 0. The Morgan fingerprint density at radius 3 is 2.96 bits per heavy atom. The minimum atomic E-state index is -0.536. The SMILES string of the molecule is CC(C)CCNC1CCc2cccc(Oc3ccncc3C(N)=O)c2C1. The second kappa shape index (κ2) is 8.32. The maximum absolute atomic E-state index is 11.6. The number of hydrogen-bond acceptors (Lipinski definition) is 4. The van der Waals surface area contributed by atoms with Crippen molar-refractivity contribution in [3.63, 3.8) is 0 Å². The Morgan fingerprint density at radius 2 is 2.19 bits per heavy atom. The fourth-order valence-corrected chi connectivity index (χ4v) is 3.38. The van der Waals surface area contributed by atoms with Crippen LogP contribution in [0.3, 0.4) is 0 Å². The van der Waals surface area contributed by atoms with Gasteiger partial charge in [-0.15, -0.1) is 0 Å². The zero-order valence-electron chi connectivity index (χ0n) is 15.5. The number of rotatable bonds is 7. The molecule has 2 aromatic rings. The number of amides is 1. The van der Waals surface area contributed by atoms with E-state index in [9.17, 15) is 4.79 Å². The fraction of sp³-hybridized carbons (Fsp3) is 0.429. The van der Waals surface area contributed by atoms with Gasteiger partial charge in [0.05, 0.1) is 0 Å². The lowest BCUT2D eigenvalue weighted by Gasteiger charge is -2.27. The van der Waals surface area contributed by atoms with Crippen molar-refractivity contribution >= 4 is 5.91 Å². The third-order valence-corrected chi connectivity index (χ3v) is 4.86. The van der Waals surface area contributed by atoms with E-state index in [1.54, 1.807) is 12.3 Å². The highest BCUT2D eigenvalue weighted by molar-refractivity contribution is 5.95. The van der Waals surface area contributed by atoms with Crippen LogP contribution in [0.2, 0.25) is 0 Å². The molecule has 0 aliphatic heterocycles. The van der Waals surface area contributed by atoms with Crippen molar-refractivity contribution in [2.24, 2.45) is 11.7 Å². The van der Waals surface area contributed by atoms with Gasteiger partial charge >= 0.3 is 0 Å². The Labute approximate surface area is 155 Å². The summed E-state index contributed by atoms with van der Waals surface area (Å²) in [5, 5.41) is 3.67. The van der Waals surface area contributed by atoms with Crippen LogP contribution in [0.4, 0.5) is 0 Å². The number of ether oxygens (including phenoxy) is 1. The van der Waals surface area contributed by atoms with Gasteiger partial charge in [0.1, 0.15) is 17.1 Å². The molecular formula is C21H27N3O2. The van der Waals surface area contributed by atoms with Crippen LogP contribution in [0, 0.1) is 5.92 Å². The van der Waals surface area contributed by atoms with Gasteiger partial charge in [-0.1, -0.05) is 26.0 Å². The maximum Gasteiger partial charge on any atom is 0.254 e. The summed E-state index contributed by atoms with van der Waals surface area (Å²) in [6.07, 6.45) is 7.33. The Balaban J connectivity index is 1.78. The molecule has 26 heavy (non-hydrogen) atoms. The number of carbonyl (C=O) groups excluding carboxylic acids is 1. The lowest BCUT2D eigenvalue weighted by molar-refractivity contribution is 0.0997. The maximum atomic E-state index is 11.6. The van der Waals surface area contributed by atoms with Crippen LogP contribution < -0.4 is 15.8 Å². The van der Waals surface area contributed by atoms with Crippen molar-refractivity contribution < 1.29 is 9.53 Å². The second-order valence-corrected chi connectivity index (χ2v) is 7.31. The first kappa shape index (κ1) is 18.4. The number of benzene rings is 1. The Hall–Kier alpha value is -2.40. The van der Waals surface area contributed by atoms with E-state index in [1.807, 2.05) is 12.1 Å². The molecule has 3 N–H and O–H groups in total. The summed E-state index contributed by atoms with van der Waals surface area (Å²) in [4.78, 5) is 15.6. The number of carbonyl (C=O) groups is 1. The molecule has 1 unspecified atom stereocenters. The van der Waals surface area contributed by atoms with E-state index in [-0.39, 0.29) is 0 Å². The van der Waals surface area contributed by atoms with Crippen molar-refractivity contribution in [3.8, 4) is 11.5 Å². The normalized spacial score (nSPS) is 16.3. The average molecular weight is 353 g/mol. The first-order chi connectivity index (χ1) is 12.5. The van der Waals surface area contributed by atoms with E-state index in [0.717, 1.165) is 31.6 Å². The number of hydrogen-bond donors (Lipinski definition) is 2. The number of nitrogens with one attached hydrogen (secondary N) is 1. The summed E-state index contributed by atoms with van der Waals surface area (Å²) < 4.78 is 6.09. The minimum absolute atomic E-state index is 0.299. The van der Waals surface area contributed by atoms with Crippen molar-refractivity contribution in [1.82, 2.24) is 10.3 Å². The highest BCUT2D eigenvalue weighted by Gasteiger charge is 2.22. The third-order valence-electron chi connectivity index (χ3n) is 4.86. The predicted octanol–water partition coefficient (Wildman–Crippen LogP) is 3.47. The standard InChI is InChI=1S/C21H27N3O2/c1-14(2)8-11-24-16-7-6-15-4-3-5-19(17(15)12-16)26-20-9-10-23-13-18(20)21(22)25/h3-5,9-10,13-14,16,24H,6-8,11-12H2,1-2H3,(H2,22,25). The monoisotopic (exact) mass is 353 g/mol. The molecule has 1 aliphatic rings. The van der Waals surface area contributed by atoms with Gasteiger partial charge in [-0.2, -0.15) is 0 Å². The quantitative estimate of drug-likeness (QED) is 0.799. The summed E-state index contributed by atoms with van der Waals surface area (Å²) in [6.45, 7) is 5.53. The number of nitrogens with zero attached hydrogens (tertiary/aromatic N) is 1. The number of aryl methyl sites for hydroxylation is 1. The van der Waals surface area contributed by atoms with Crippen LogP contribution in [0.5, 0.6) is 11.5 Å². The largest absolute Gasteiger partial charge is 0.456 e. The molecule has 0 saturated heterocycles. The van der Waals surface area contributed by atoms with Crippen molar-refractivity contribution in [3.05, 3.63) is 53.3 Å². The number of fused-ring (bicyclic) bond motifs is 1. The average Bonchev–Trinajstić information content (AvgIpc) is 2.62. The van der Waals surface area contributed by atoms with Crippen LogP contribution >= 0.6 is 0 Å². The first-order valence-corrected chi connectivity index (χ1v) is 9.30. The van der Waals surface area contributed by atoms with E-state index >= 15 is 0 Å². The molecule has 3 rings (SSSR count). The molecule has 1 heterocycles. The number of aromatic nitrogens is 1. The van der Waals surface area contributed by atoms with Crippen LogP contribution in [0.25, 0.3) is 0 Å². The third kappa shape index (κ3) is 4.41. The summed E-state index contributed by atoms with van der Waals surface area (Å²) in [5.41, 5.74) is 8.27. The number of primary amides is 1. The molecule has 1 aromatic carbocycles. The van der Waals surface area contributed by atoms with Gasteiger partial charge in [-0.3, -0.25) is 9.78 Å². The highest BCUT2D eigenvalue weighted by atomic mass is 16.5. The van der Waals surface area contributed by atoms with E-state index in [2.05, 4.69) is 30.2 Å². The molecule has 5 nitrogen and oxygen atoms in total. The first-order valence-electron chi connectivity index (χ1n) is 9.30. The van der Waals surface area contributed by atoms with Crippen LogP contribution in [-0.4, -0.2) is 23.5 Å². The zero-order valence-corrected chi connectivity index (χ0v) is 15.5. The minimum Gasteiger partial charge on any atom is -0.456 e. The van der Waals surface area contributed by atoms with Crippen molar-refractivity contribution in [2.75, 3.05) is 6.54 Å². The Kier molecular flexibility index (Phi) is 5.89. The van der Waals surface area contributed by atoms with Gasteiger partial charge < -0.3 is 15.8 Å². The van der Waals surface area contributed by atoms with Crippen molar-refractivity contribution in [1.29, 1.82) is 0 Å². The molecular weight excluding hydrogens is 326 g/mol. The van der Waals surface area contributed by atoms with E-state index in [0.29, 0.717) is 23.3 Å². The molecule has 1 aromatic heterocycles. The summed E-state index contributed by atoms with van der Waals surface area (Å²) in [5.74, 6) is 1.42. The molecule has 0 spiro atoms. The van der Waals surface area contributed by atoms with Gasteiger partial charge in [0.15, 0.2) is 0 Å². The van der Waals surface area contributed by atoms with Gasteiger partial charge in [0, 0.05) is 18.4 Å². The molecule has 138 valence electrons. The highest BCUT2D eigenvalue weighted by Crippen LogP contribution is 2.33. The van der Waals surface area contributed by atoms with Crippen LogP contribution in [0.1, 0.15) is 48.2 Å². The van der Waals surface area contributed by atoms with Crippen LogP contribution in [-0.2, 0) is 12.8 Å². The molecule has 0 bridgehead atoms. The zero-order chi connectivity index (χ0) is 18.5. The topological polar surface area (TPSA) is 77.2 Å². The Bertz CT molecular complexity index is 774. The fourth-order valence-electron chi connectivity index (χ4n) is 3.38. The van der Waals surface area contributed by atoms with Gasteiger partial charge in [0.2, 0.25) is 0 Å².